The standard InChI is InChI=1S/C26H43N3O5S/c1-5-6-10-17(2)22-16-23(30)28-21(15-19-11-8-7-9-12-19)25(32)27-18(3)24(31)29-20(13-14-35-4)26(33)34-22/h7-9,11-12,18,20-23,25-28,30,32-33H,2,5-6,10,13-16H2,1,3-4H3,(H,29,31)/t18-,20-,21?,22-,23?,25?,26?/m0/s1. The lowest BCUT2D eigenvalue weighted by Crippen LogP contribution is -2.58. The van der Waals surface area contributed by atoms with Crippen LogP contribution in [0.3, 0.4) is 0 Å². The van der Waals surface area contributed by atoms with Crippen LogP contribution in [0.2, 0.25) is 0 Å². The molecule has 0 bridgehead atoms. The number of unbranched alkanes of at least 4 members (excludes halogenated alkanes) is 1. The van der Waals surface area contributed by atoms with Crippen LogP contribution in [0.15, 0.2) is 42.5 Å². The Morgan fingerprint density at radius 1 is 1.17 bits per heavy atom. The number of aliphatic hydroxyl groups is 3. The molecule has 1 fully saturated rings. The summed E-state index contributed by atoms with van der Waals surface area (Å²) in [7, 11) is 0. The van der Waals surface area contributed by atoms with Gasteiger partial charge in [0.2, 0.25) is 5.91 Å². The molecular weight excluding hydrogens is 466 g/mol. The minimum atomic E-state index is -1.26. The number of nitrogens with one attached hydrogen (secondary N) is 3. The lowest BCUT2D eigenvalue weighted by atomic mass is 10.00. The number of carbonyl (C=O) groups is 1. The molecular formula is C26H43N3O5S. The van der Waals surface area contributed by atoms with E-state index < -0.39 is 43.0 Å². The third-order valence-corrected chi connectivity index (χ3v) is 6.90. The van der Waals surface area contributed by atoms with Crippen molar-refractivity contribution < 1.29 is 24.9 Å². The molecule has 0 aromatic heterocycles. The number of carbonyl (C=O) groups excluding carboxylic acids is 1. The molecule has 8 nitrogen and oxygen atoms in total. The van der Waals surface area contributed by atoms with E-state index in [1.54, 1.807) is 18.7 Å². The van der Waals surface area contributed by atoms with Gasteiger partial charge in [-0.25, -0.2) is 0 Å². The number of amides is 1. The van der Waals surface area contributed by atoms with Gasteiger partial charge in [0.15, 0.2) is 6.29 Å². The molecule has 1 aromatic rings. The van der Waals surface area contributed by atoms with Gasteiger partial charge in [0, 0.05) is 6.42 Å². The molecule has 0 spiro atoms. The Morgan fingerprint density at radius 2 is 1.89 bits per heavy atom. The van der Waals surface area contributed by atoms with Gasteiger partial charge in [-0.3, -0.25) is 15.4 Å². The van der Waals surface area contributed by atoms with E-state index in [-0.39, 0.29) is 12.3 Å². The third kappa shape index (κ3) is 10.2. The van der Waals surface area contributed by atoms with Gasteiger partial charge in [0.25, 0.3) is 0 Å². The summed E-state index contributed by atoms with van der Waals surface area (Å²) < 4.78 is 6.02. The van der Waals surface area contributed by atoms with Crippen molar-refractivity contribution in [2.24, 2.45) is 0 Å². The molecule has 198 valence electrons. The minimum absolute atomic E-state index is 0.149. The predicted octanol–water partition coefficient (Wildman–Crippen LogP) is 1.89. The Bertz CT molecular complexity index is 769. The third-order valence-electron chi connectivity index (χ3n) is 6.25. The summed E-state index contributed by atoms with van der Waals surface area (Å²) in [6.07, 6.45) is 1.64. The van der Waals surface area contributed by atoms with Gasteiger partial charge in [-0.1, -0.05) is 50.3 Å². The van der Waals surface area contributed by atoms with E-state index in [9.17, 15) is 20.1 Å². The van der Waals surface area contributed by atoms with Crippen molar-refractivity contribution in [2.45, 2.75) is 95.3 Å². The fourth-order valence-electron chi connectivity index (χ4n) is 4.08. The van der Waals surface area contributed by atoms with Crippen molar-refractivity contribution in [3.63, 3.8) is 0 Å². The molecule has 1 aliphatic heterocycles. The van der Waals surface area contributed by atoms with Crippen molar-refractivity contribution in [1.29, 1.82) is 0 Å². The Kier molecular flexibility index (Phi) is 13.3. The van der Waals surface area contributed by atoms with Gasteiger partial charge in [-0.05, 0) is 55.8 Å². The lowest BCUT2D eigenvalue weighted by Gasteiger charge is -2.31. The van der Waals surface area contributed by atoms with Crippen molar-refractivity contribution >= 4 is 17.7 Å². The van der Waals surface area contributed by atoms with E-state index >= 15 is 0 Å². The SMILES string of the molecule is C=C(CCCC)[C@@H]1CC(O)NC(Cc2ccccc2)C(O)N[C@@H](C)C(=O)N[C@@H](CCSC)C(O)O1. The first-order valence-corrected chi connectivity index (χ1v) is 13.9. The second kappa shape index (κ2) is 15.6. The zero-order chi connectivity index (χ0) is 25.8. The fraction of sp³-hybridized carbons (Fsp3) is 0.654. The number of ether oxygens (including phenoxy) is 1. The largest absolute Gasteiger partial charge is 0.378 e. The number of hydrogen-bond donors (Lipinski definition) is 6. The molecule has 4 unspecified atom stereocenters. The van der Waals surface area contributed by atoms with Crippen LogP contribution in [0.1, 0.15) is 51.5 Å². The van der Waals surface area contributed by atoms with Crippen LogP contribution in [0.25, 0.3) is 0 Å². The molecule has 9 heteroatoms. The number of thioether (sulfide) groups is 1. The maximum absolute atomic E-state index is 12.9. The number of aliphatic hydroxyl groups excluding tert-OH is 3. The summed E-state index contributed by atoms with van der Waals surface area (Å²) in [5, 5.41) is 41.8. The highest BCUT2D eigenvalue weighted by atomic mass is 32.2. The molecule has 2 rings (SSSR count). The van der Waals surface area contributed by atoms with Crippen LogP contribution >= 0.6 is 11.8 Å². The average Bonchev–Trinajstić information content (AvgIpc) is 2.84. The van der Waals surface area contributed by atoms with Gasteiger partial charge < -0.3 is 25.4 Å². The van der Waals surface area contributed by atoms with Crippen LogP contribution in [-0.4, -0.2) is 76.2 Å². The molecule has 35 heavy (non-hydrogen) atoms. The smallest absolute Gasteiger partial charge is 0.237 e. The maximum Gasteiger partial charge on any atom is 0.237 e. The van der Waals surface area contributed by atoms with E-state index in [1.807, 2.05) is 36.6 Å². The summed E-state index contributed by atoms with van der Waals surface area (Å²) in [4.78, 5) is 12.9. The molecule has 1 heterocycles. The predicted molar refractivity (Wildman–Crippen MR) is 141 cm³/mol. The number of hydrogen-bond acceptors (Lipinski definition) is 8. The Hall–Kier alpha value is -1.46. The normalized spacial score (nSPS) is 31.0. The highest BCUT2D eigenvalue weighted by molar-refractivity contribution is 7.98. The maximum atomic E-state index is 12.9. The Labute approximate surface area is 213 Å². The summed E-state index contributed by atoms with van der Waals surface area (Å²) in [6, 6.07) is 7.70. The fourth-order valence-corrected chi connectivity index (χ4v) is 4.57. The zero-order valence-electron chi connectivity index (χ0n) is 21.2. The van der Waals surface area contributed by atoms with Crippen LogP contribution in [0, 0.1) is 0 Å². The van der Waals surface area contributed by atoms with Crippen molar-refractivity contribution in [3.05, 3.63) is 48.0 Å². The molecule has 1 aromatic carbocycles. The second-order valence-electron chi connectivity index (χ2n) is 9.22. The zero-order valence-corrected chi connectivity index (χ0v) is 22.0. The van der Waals surface area contributed by atoms with E-state index in [0.717, 1.165) is 29.7 Å². The molecule has 0 radical (unpaired) electrons. The quantitative estimate of drug-likeness (QED) is 0.279. The number of rotatable bonds is 9. The van der Waals surface area contributed by atoms with Crippen molar-refractivity contribution in [3.8, 4) is 0 Å². The van der Waals surface area contributed by atoms with Crippen LogP contribution in [0.5, 0.6) is 0 Å². The summed E-state index contributed by atoms with van der Waals surface area (Å²) in [6.45, 7) is 7.90. The highest BCUT2D eigenvalue weighted by Gasteiger charge is 2.32. The first-order chi connectivity index (χ1) is 16.7. The highest BCUT2D eigenvalue weighted by Crippen LogP contribution is 2.21. The Balaban J connectivity index is 2.31. The summed E-state index contributed by atoms with van der Waals surface area (Å²) in [5.41, 5.74) is 1.76. The first-order valence-electron chi connectivity index (χ1n) is 12.5. The van der Waals surface area contributed by atoms with Crippen LogP contribution < -0.4 is 16.0 Å². The van der Waals surface area contributed by atoms with Gasteiger partial charge in [0.1, 0.15) is 12.5 Å². The molecule has 1 aliphatic rings. The molecule has 6 N–H and O–H groups in total. The van der Waals surface area contributed by atoms with E-state index in [0.29, 0.717) is 19.3 Å². The molecule has 1 amide bonds. The van der Waals surface area contributed by atoms with Gasteiger partial charge >= 0.3 is 0 Å². The van der Waals surface area contributed by atoms with Gasteiger partial charge in [0.05, 0.1) is 24.2 Å². The molecule has 7 atom stereocenters. The van der Waals surface area contributed by atoms with Gasteiger partial charge in [-0.2, -0.15) is 11.8 Å². The summed E-state index contributed by atoms with van der Waals surface area (Å²) >= 11 is 1.61. The van der Waals surface area contributed by atoms with Crippen molar-refractivity contribution in [2.75, 3.05) is 12.0 Å². The lowest BCUT2D eigenvalue weighted by molar-refractivity contribution is -0.156. The van der Waals surface area contributed by atoms with Gasteiger partial charge in [-0.15, -0.1) is 0 Å². The molecule has 0 aliphatic carbocycles. The summed E-state index contributed by atoms with van der Waals surface area (Å²) in [5.74, 6) is 0.373. The van der Waals surface area contributed by atoms with Crippen LogP contribution in [0.4, 0.5) is 0 Å². The first kappa shape index (κ1) is 29.8. The molecule has 1 saturated heterocycles. The average molecular weight is 510 g/mol. The van der Waals surface area contributed by atoms with E-state index in [2.05, 4.69) is 29.5 Å². The number of benzene rings is 1. The van der Waals surface area contributed by atoms with Crippen molar-refractivity contribution in [1.82, 2.24) is 16.0 Å². The van der Waals surface area contributed by atoms with E-state index in [4.69, 9.17) is 4.74 Å². The molecule has 0 saturated carbocycles. The van der Waals surface area contributed by atoms with E-state index in [1.165, 1.54) is 0 Å². The van der Waals surface area contributed by atoms with Crippen LogP contribution in [-0.2, 0) is 16.0 Å². The Morgan fingerprint density at radius 3 is 2.54 bits per heavy atom. The minimum Gasteiger partial charge on any atom is -0.378 e. The monoisotopic (exact) mass is 509 g/mol. The second-order valence-corrected chi connectivity index (χ2v) is 10.2. The topological polar surface area (TPSA) is 123 Å².